The molecule has 0 saturated carbocycles. The molecule has 1 N–H and O–H groups in total. The molecule has 31 heavy (non-hydrogen) atoms. The van der Waals surface area contributed by atoms with E-state index in [1.165, 1.54) is 16.3 Å². The van der Waals surface area contributed by atoms with Gasteiger partial charge in [0.15, 0.2) is 0 Å². The maximum Gasteiger partial charge on any atom is 0.266 e. The minimum absolute atomic E-state index is 0.153. The van der Waals surface area contributed by atoms with Gasteiger partial charge in [0.25, 0.3) is 11.1 Å². The smallest absolute Gasteiger partial charge is 0.266 e. The number of pyridine rings is 3. The van der Waals surface area contributed by atoms with Crippen molar-refractivity contribution in [1.82, 2.24) is 34.2 Å². The number of thioether (sulfide) groups is 1. The zero-order valence-electron chi connectivity index (χ0n) is 16.9. The summed E-state index contributed by atoms with van der Waals surface area (Å²) in [6.45, 7) is 4.52. The van der Waals surface area contributed by atoms with Gasteiger partial charge in [-0.05, 0) is 24.5 Å². The minimum atomic E-state index is -0.307. The molecule has 5 heterocycles. The van der Waals surface area contributed by atoms with Gasteiger partial charge in [-0.2, -0.15) is 4.98 Å². The fraction of sp³-hybridized carbons (Fsp3) is 0.350. The molecule has 10 nitrogen and oxygen atoms in total. The Labute approximate surface area is 180 Å². The molecule has 4 aromatic rings. The number of nitrogens with one attached hydrogen (secondary N) is 1. The van der Waals surface area contributed by atoms with Crippen LogP contribution in [0, 0.1) is 0 Å². The highest BCUT2D eigenvalue weighted by molar-refractivity contribution is 7.98. The molecule has 4 aromatic heterocycles. The first-order valence-electron chi connectivity index (χ1n) is 9.96. The Kier molecular flexibility index (Phi) is 5.30. The number of nitrogens with zero attached hydrogens (tertiary/aromatic N) is 6. The normalized spacial score (nSPS) is 15.1. The van der Waals surface area contributed by atoms with Crippen molar-refractivity contribution in [3.05, 3.63) is 51.3 Å². The van der Waals surface area contributed by atoms with Crippen molar-refractivity contribution >= 4 is 33.6 Å². The predicted molar refractivity (Wildman–Crippen MR) is 118 cm³/mol. The second-order valence-corrected chi connectivity index (χ2v) is 8.03. The van der Waals surface area contributed by atoms with Gasteiger partial charge in [0.2, 0.25) is 11.1 Å². The Balaban J connectivity index is 1.54. The van der Waals surface area contributed by atoms with Crippen LogP contribution in [0.25, 0.3) is 27.8 Å². The van der Waals surface area contributed by atoms with Gasteiger partial charge in [0.05, 0.1) is 35.0 Å². The predicted octanol–water partition coefficient (Wildman–Crippen LogP) is 0.873. The average Bonchev–Trinajstić information content (AvgIpc) is 3.28. The van der Waals surface area contributed by atoms with Crippen LogP contribution in [-0.2, 0) is 11.3 Å². The van der Waals surface area contributed by atoms with E-state index in [0.717, 1.165) is 32.8 Å². The van der Waals surface area contributed by atoms with Crippen LogP contribution in [0.2, 0.25) is 0 Å². The zero-order valence-corrected chi connectivity index (χ0v) is 17.8. The van der Waals surface area contributed by atoms with E-state index < -0.39 is 0 Å². The monoisotopic (exact) mass is 439 g/mol. The first-order valence-corrected chi connectivity index (χ1v) is 11.2. The Morgan fingerprint density at radius 3 is 2.52 bits per heavy atom. The van der Waals surface area contributed by atoms with Gasteiger partial charge < -0.3 is 9.30 Å². The van der Waals surface area contributed by atoms with Gasteiger partial charge in [-0.25, -0.2) is 10.1 Å². The van der Waals surface area contributed by atoms with Crippen LogP contribution < -0.4 is 11.1 Å². The molecule has 0 amide bonds. The summed E-state index contributed by atoms with van der Waals surface area (Å²) in [5.41, 5.74) is 0.642. The topological polar surface area (TPSA) is 111 Å². The molecule has 1 aliphatic rings. The standard InChI is InChI=1S/C20H21N7O3S/c1-31-20-22-19(23-24-20)27-5-3-16-14(18(27)29)12-13-15(21-16)2-4-26(17(13)28)7-6-25-8-10-30-11-9-25/h2-5,12H,6-11H2,1H3,(H,22,23,24). The van der Waals surface area contributed by atoms with Gasteiger partial charge in [0.1, 0.15) is 0 Å². The Morgan fingerprint density at radius 2 is 1.77 bits per heavy atom. The average molecular weight is 440 g/mol. The van der Waals surface area contributed by atoms with E-state index in [-0.39, 0.29) is 11.1 Å². The molecular weight excluding hydrogens is 418 g/mol. The number of aromatic nitrogens is 6. The van der Waals surface area contributed by atoms with Crippen molar-refractivity contribution in [3.8, 4) is 5.95 Å². The molecule has 0 spiro atoms. The second kappa shape index (κ2) is 8.25. The van der Waals surface area contributed by atoms with Crippen LogP contribution >= 0.6 is 11.8 Å². The summed E-state index contributed by atoms with van der Waals surface area (Å²) in [7, 11) is 0. The lowest BCUT2D eigenvalue weighted by molar-refractivity contribution is 0.0363. The summed E-state index contributed by atoms with van der Waals surface area (Å²) in [6.07, 6.45) is 5.23. The number of H-pyrrole nitrogens is 1. The van der Waals surface area contributed by atoms with Gasteiger partial charge >= 0.3 is 0 Å². The molecule has 1 aliphatic heterocycles. The molecule has 160 valence electrons. The number of hydrogen-bond donors (Lipinski definition) is 1. The van der Waals surface area contributed by atoms with E-state index in [1.807, 2.05) is 12.3 Å². The van der Waals surface area contributed by atoms with E-state index in [4.69, 9.17) is 4.74 Å². The SMILES string of the molecule is CSc1n[nH]c(-n2ccc3nc4ccn(CCN5CCOCC5)c(=O)c4cc3c2=O)n1. The number of hydrogen-bond acceptors (Lipinski definition) is 8. The maximum atomic E-state index is 13.1. The van der Waals surface area contributed by atoms with Gasteiger partial charge in [-0.1, -0.05) is 11.8 Å². The first kappa shape index (κ1) is 19.9. The Bertz CT molecular complexity index is 1370. The quantitative estimate of drug-likeness (QED) is 0.360. The molecule has 0 bridgehead atoms. The van der Waals surface area contributed by atoms with Crippen LogP contribution in [0.5, 0.6) is 0 Å². The summed E-state index contributed by atoms with van der Waals surface area (Å²) in [6, 6.07) is 5.19. The molecule has 0 atom stereocenters. The van der Waals surface area contributed by atoms with Crippen molar-refractivity contribution in [3.63, 3.8) is 0 Å². The molecule has 0 aliphatic carbocycles. The summed E-state index contributed by atoms with van der Waals surface area (Å²) in [5, 5.41) is 8.15. The summed E-state index contributed by atoms with van der Waals surface area (Å²) < 4.78 is 8.42. The lowest BCUT2D eigenvalue weighted by Crippen LogP contribution is -2.39. The van der Waals surface area contributed by atoms with Crippen molar-refractivity contribution < 1.29 is 4.74 Å². The second-order valence-electron chi connectivity index (χ2n) is 7.26. The third-order valence-electron chi connectivity index (χ3n) is 5.44. The van der Waals surface area contributed by atoms with Crippen molar-refractivity contribution in [2.75, 3.05) is 39.1 Å². The minimum Gasteiger partial charge on any atom is -0.379 e. The maximum absolute atomic E-state index is 13.1. The van der Waals surface area contributed by atoms with E-state index in [9.17, 15) is 9.59 Å². The third-order valence-corrected chi connectivity index (χ3v) is 5.99. The molecule has 0 aromatic carbocycles. The van der Waals surface area contributed by atoms with Crippen LogP contribution in [0.15, 0.2) is 45.3 Å². The van der Waals surface area contributed by atoms with Crippen LogP contribution in [0.1, 0.15) is 0 Å². The molecule has 0 radical (unpaired) electrons. The van der Waals surface area contributed by atoms with Crippen LogP contribution in [0.3, 0.4) is 0 Å². The Hall–Kier alpha value is -3.02. The molecule has 11 heteroatoms. The molecular formula is C20H21N7O3S. The molecule has 5 rings (SSSR count). The van der Waals surface area contributed by atoms with Crippen LogP contribution in [0.4, 0.5) is 0 Å². The highest BCUT2D eigenvalue weighted by Crippen LogP contribution is 2.16. The highest BCUT2D eigenvalue weighted by Gasteiger charge is 2.14. The molecule has 1 saturated heterocycles. The number of ether oxygens (including phenoxy) is 1. The zero-order chi connectivity index (χ0) is 21.4. The van der Waals surface area contributed by atoms with Crippen molar-refractivity contribution in [2.45, 2.75) is 11.7 Å². The number of aromatic amines is 1. The summed E-state index contributed by atoms with van der Waals surface area (Å²) in [4.78, 5) is 37.3. The Morgan fingerprint density at radius 1 is 1.03 bits per heavy atom. The highest BCUT2D eigenvalue weighted by atomic mass is 32.2. The number of morpholine rings is 1. The molecule has 1 fully saturated rings. The van der Waals surface area contributed by atoms with E-state index in [1.54, 1.807) is 29.1 Å². The van der Waals surface area contributed by atoms with Gasteiger partial charge in [0, 0.05) is 38.6 Å². The van der Waals surface area contributed by atoms with E-state index in [2.05, 4.69) is 25.1 Å². The van der Waals surface area contributed by atoms with Crippen molar-refractivity contribution in [2.24, 2.45) is 0 Å². The van der Waals surface area contributed by atoms with E-state index in [0.29, 0.717) is 39.5 Å². The summed E-state index contributed by atoms with van der Waals surface area (Å²) >= 11 is 1.38. The number of fused-ring (bicyclic) bond motifs is 2. The lowest BCUT2D eigenvalue weighted by Gasteiger charge is -2.26. The summed E-state index contributed by atoms with van der Waals surface area (Å²) in [5.74, 6) is 0.326. The van der Waals surface area contributed by atoms with E-state index >= 15 is 0 Å². The third kappa shape index (κ3) is 3.75. The van der Waals surface area contributed by atoms with Gasteiger partial charge in [-0.3, -0.25) is 19.1 Å². The lowest BCUT2D eigenvalue weighted by atomic mass is 10.2. The van der Waals surface area contributed by atoms with Crippen LogP contribution in [-0.4, -0.2) is 73.3 Å². The molecule has 0 unspecified atom stereocenters. The van der Waals surface area contributed by atoms with Crippen molar-refractivity contribution in [1.29, 1.82) is 0 Å². The largest absolute Gasteiger partial charge is 0.379 e. The first-order chi connectivity index (χ1) is 15.1. The fourth-order valence-corrected chi connectivity index (χ4v) is 4.03. The fourth-order valence-electron chi connectivity index (χ4n) is 3.72. The van der Waals surface area contributed by atoms with Gasteiger partial charge in [-0.15, -0.1) is 5.10 Å². The number of rotatable bonds is 5.